The molecule has 0 saturated carbocycles. The maximum absolute atomic E-state index is 13.1. The lowest BCUT2D eigenvalue weighted by molar-refractivity contribution is -0.152. The normalized spacial score (nSPS) is 18.1. The summed E-state index contributed by atoms with van der Waals surface area (Å²) in [5.41, 5.74) is 0. The van der Waals surface area contributed by atoms with Crippen LogP contribution in [0.15, 0.2) is 30.3 Å². The number of hydrogen-bond donors (Lipinski definition) is 1. The highest BCUT2D eigenvalue weighted by molar-refractivity contribution is 7.52. The topological polar surface area (TPSA) is 94.2 Å². The number of rotatable bonds is 8. The number of hydrogen-bond acceptors (Lipinski definition) is 6. The van der Waals surface area contributed by atoms with E-state index in [-0.39, 0.29) is 17.8 Å². The van der Waals surface area contributed by atoms with Crippen LogP contribution >= 0.6 is 7.75 Å². The summed E-state index contributed by atoms with van der Waals surface area (Å²) in [4.78, 5) is 23.8. The van der Waals surface area contributed by atoms with E-state index in [4.69, 9.17) is 13.9 Å². The van der Waals surface area contributed by atoms with E-state index in [1.54, 1.807) is 44.2 Å². The minimum absolute atomic E-state index is 0.281. The van der Waals surface area contributed by atoms with Crippen molar-refractivity contribution in [1.29, 1.82) is 0 Å². The molecule has 8 nitrogen and oxygen atoms in total. The third-order valence-corrected chi connectivity index (χ3v) is 4.83. The number of benzene rings is 1. The van der Waals surface area contributed by atoms with Gasteiger partial charge in [-0.2, -0.15) is 9.71 Å². The zero-order valence-corrected chi connectivity index (χ0v) is 15.4. The van der Waals surface area contributed by atoms with Gasteiger partial charge >= 0.3 is 13.7 Å². The molecule has 0 unspecified atom stereocenters. The van der Waals surface area contributed by atoms with Crippen LogP contribution in [0, 0.1) is 0 Å². The molecule has 0 radical (unpaired) electrons. The molecule has 25 heavy (non-hydrogen) atoms. The molecule has 138 valence electrons. The number of hydroxylamine groups is 2. The summed E-state index contributed by atoms with van der Waals surface area (Å²) < 4.78 is 29.0. The molecule has 2 atom stereocenters. The third-order valence-electron chi connectivity index (χ3n) is 3.26. The minimum Gasteiger partial charge on any atom is -0.462 e. The largest absolute Gasteiger partial charge is 0.481 e. The van der Waals surface area contributed by atoms with Crippen molar-refractivity contribution in [2.75, 3.05) is 6.54 Å². The van der Waals surface area contributed by atoms with Gasteiger partial charge in [0, 0.05) is 13.0 Å². The highest BCUT2D eigenvalue weighted by Crippen LogP contribution is 2.46. The Kier molecular flexibility index (Phi) is 6.58. The number of amides is 1. The van der Waals surface area contributed by atoms with Crippen LogP contribution in [0.5, 0.6) is 5.75 Å². The monoisotopic (exact) mass is 370 g/mol. The fraction of sp³-hybridized carbons (Fsp3) is 0.500. The van der Waals surface area contributed by atoms with Crippen LogP contribution in [-0.2, 0) is 23.5 Å². The van der Waals surface area contributed by atoms with Gasteiger partial charge in [0.25, 0.3) is 0 Å². The van der Waals surface area contributed by atoms with Gasteiger partial charge in [0.05, 0.1) is 6.10 Å². The second-order valence-electron chi connectivity index (χ2n) is 5.92. The zero-order chi connectivity index (χ0) is 18.4. The molecule has 0 aliphatic carbocycles. The van der Waals surface area contributed by atoms with Crippen LogP contribution in [0.3, 0.4) is 0 Å². The van der Waals surface area contributed by atoms with Crippen LogP contribution in [0.25, 0.3) is 0 Å². The molecule has 1 amide bonds. The lowest BCUT2D eigenvalue weighted by Gasteiger charge is -2.26. The van der Waals surface area contributed by atoms with Gasteiger partial charge in [-0.15, -0.1) is 0 Å². The number of carbonyl (C=O) groups is 2. The average molecular weight is 370 g/mol. The fourth-order valence-electron chi connectivity index (χ4n) is 2.15. The van der Waals surface area contributed by atoms with Crippen molar-refractivity contribution in [1.82, 2.24) is 10.2 Å². The Balaban J connectivity index is 2.14. The van der Waals surface area contributed by atoms with Gasteiger partial charge in [-0.05, 0) is 39.3 Å². The molecule has 0 bridgehead atoms. The first kappa shape index (κ1) is 19.4. The fourth-order valence-corrected chi connectivity index (χ4v) is 3.69. The molecule has 1 aliphatic heterocycles. The standard InChI is InChI=1S/C16H23N2O6P/c1-12(2)22-16(20)13(3)17-25(21,23-14-8-5-4-6-9-14)24-18-11-7-10-15(18)19/h4-6,8-9,12-13H,7,10-11H2,1-3H3,(H,17,21)/t13-,25-/m0/s1. The Morgan fingerprint density at radius 3 is 2.48 bits per heavy atom. The highest BCUT2D eigenvalue weighted by Gasteiger charge is 2.37. The molecule has 9 heteroatoms. The van der Waals surface area contributed by atoms with Gasteiger partial charge in [0.2, 0.25) is 5.91 Å². The summed E-state index contributed by atoms with van der Waals surface area (Å²) in [7, 11) is -4.03. The third kappa shape index (κ3) is 5.85. The van der Waals surface area contributed by atoms with E-state index < -0.39 is 19.8 Å². The first-order chi connectivity index (χ1) is 11.8. The number of nitrogens with one attached hydrogen (secondary N) is 1. The van der Waals surface area contributed by atoms with E-state index in [9.17, 15) is 14.2 Å². The lowest BCUT2D eigenvalue weighted by atomic mass is 10.3. The predicted octanol–water partition coefficient (Wildman–Crippen LogP) is 2.66. The summed E-state index contributed by atoms with van der Waals surface area (Å²) in [6, 6.07) is 7.43. The highest BCUT2D eigenvalue weighted by atomic mass is 31.2. The van der Waals surface area contributed by atoms with Crippen molar-refractivity contribution in [3.05, 3.63) is 30.3 Å². The van der Waals surface area contributed by atoms with Gasteiger partial charge in [0.1, 0.15) is 11.8 Å². The van der Waals surface area contributed by atoms with E-state index in [0.29, 0.717) is 19.4 Å². The first-order valence-electron chi connectivity index (χ1n) is 8.12. The van der Waals surface area contributed by atoms with Crippen molar-refractivity contribution in [3.8, 4) is 5.75 Å². The van der Waals surface area contributed by atoms with Gasteiger partial charge in [-0.1, -0.05) is 18.2 Å². The van der Waals surface area contributed by atoms with Crippen LogP contribution in [0.1, 0.15) is 33.6 Å². The Morgan fingerprint density at radius 1 is 1.24 bits per heavy atom. The first-order valence-corrected chi connectivity index (χ1v) is 9.66. The maximum Gasteiger partial charge on any atom is 0.481 e. The summed E-state index contributed by atoms with van der Waals surface area (Å²) in [6.07, 6.45) is 0.609. The summed E-state index contributed by atoms with van der Waals surface area (Å²) in [6.45, 7) is 5.22. The summed E-state index contributed by atoms with van der Waals surface area (Å²) in [5.74, 6) is -0.589. The van der Waals surface area contributed by atoms with Gasteiger partial charge < -0.3 is 9.26 Å². The van der Waals surface area contributed by atoms with E-state index in [2.05, 4.69) is 5.09 Å². The maximum atomic E-state index is 13.1. The van der Waals surface area contributed by atoms with Crippen molar-refractivity contribution >= 4 is 19.6 Å². The van der Waals surface area contributed by atoms with Crippen LogP contribution in [-0.4, -0.2) is 35.6 Å². The van der Waals surface area contributed by atoms with Crippen LogP contribution in [0.2, 0.25) is 0 Å². The molecule has 1 heterocycles. The Hall–Kier alpha value is -1.89. The summed E-state index contributed by atoms with van der Waals surface area (Å²) in [5, 5.41) is 3.55. The van der Waals surface area contributed by atoms with E-state index in [1.807, 2.05) is 0 Å². The van der Waals surface area contributed by atoms with Gasteiger partial charge in [0.15, 0.2) is 0 Å². The molecule has 2 rings (SSSR count). The van der Waals surface area contributed by atoms with E-state index in [1.165, 1.54) is 6.92 Å². The molecular weight excluding hydrogens is 347 g/mol. The lowest BCUT2D eigenvalue weighted by Crippen LogP contribution is -2.38. The van der Waals surface area contributed by atoms with Crippen molar-refractivity contribution < 1.29 is 28.0 Å². The Labute approximate surface area is 147 Å². The smallest absolute Gasteiger partial charge is 0.462 e. The van der Waals surface area contributed by atoms with Crippen molar-refractivity contribution in [3.63, 3.8) is 0 Å². The summed E-state index contributed by atoms with van der Waals surface area (Å²) >= 11 is 0. The second kappa shape index (κ2) is 8.47. The molecule has 1 fully saturated rings. The predicted molar refractivity (Wildman–Crippen MR) is 90.5 cm³/mol. The van der Waals surface area contributed by atoms with Crippen LogP contribution in [0.4, 0.5) is 0 Å². The molecule has 0 aromatic heterocycles. The minimum atomic E-state index is -4.03. The molecule has 1 aromatic rings. The molecule has 1 aliphatic rings. The Morgan fingerprint density at radius 2 is 1.92 bits per heavy atom. The number of nitrogens with zero attached hydrogens (tertiary/aromatic N) is 1. The van der Waals surface area contributed by atoms with E-state index >= 15 is 0 Å². The zero-order valence-electron chi connectivity index (χ0n) is 14.5. The number of esters is 1. The molecule has 1 saturated heterocycles. The quantitative estimate of drug-likeness (QED) is 0.555. The number of ether oxygens (including phenoxy) is 1. The Bertz CT molecular complexity index is 651. The molecule has 1 aromatic carbocycles. The molecule has 1 N–H and O–H groups in total. The van der Waals surface area contributed by atoms with Gasteiger partial charge in [-0.3, -0.25) is 9.59 Å². The van der Waals surface area contributed by atoms with E-state index in [0.717, 1.165) is 5.06 Å². The SMILES string of the molecule is CC(C)OC(=O)[C@H](C)N[P@](=O)(Oc1ccccc1)ON1CCCC1=O. The molecular formula is C16H23N2O6P. The second-order valence-corrected chi connectivity index (χ2v) is 7.52. The van der Waals surface area contributed by atoms with Crippen molar-refractivity contribution in [2.24, 2.45) is 0 Å². The number of carbonyl (C=O) groups excluding carboxylic acids is 2. The van der Waals surface area contributed by atoms with Crippen molar-refractivity contribution in [2.45, 2.75) is 45.8 Å². The van der Waals surface area contributed by atoms with Crippen LogP contribution < -0.4 is 9.61 Å². The average Bonchev–Trinajstić information content (AvgIpc) is 2.92. The molecule has 0 spiro atoms. The number of para-hydroxylation sites is 1. The van der Waals surface area contributed by atoms with Gasteiger partial charge in [-0.25, -0.2) is 9.63 Å².